The van der Waals surface area contributed by atoms with Crippen LogP contribution in [0.3, 0.4) is 0 Å². The molecule has 8 heteroatoms. The third-order valence-electron chi connectivity index (χ3n) is 5.53. The Hall–Kier alpha value is -1.22. The highest BCUT2D eigenvalue weighted by Gasteiger charge is 2.43. The van der Waals surface area contributed by atoms with Crippen LogP contribution in [0.4, 0.5) is 0 Å². The Bertz CT molecular complexity index is 679. The normalized spacial score (nSPS) is 14.1. The van der Waals surface area contributed by atoms with Gasteiger partial charge in [0.25, 0.3) is 5.56 Å². The number of aryl methyl sites for hydroxylation is 1. The maximum Gasteiger partial charge on any atom is 0.330 e. The Labute approximate surface area is 150 Å². The summed E-state index contributed by atoms with van der Waals surface area (Å²) in [6.07, 6.45) is 1.17. The van der Waals surface area contributed by atoms with Gasteiger partial charge in [-0.15, -0.1) is 0 Å². The second-order valence-electron chi connectivity index (χ2n) is 7.89. The third kappa shape index (κ3) is 5.37. The van der Waals surface area contributed by atoms with E-state index in [4.69, 9.17) is 14.9 Å². The van der Waals surface area contributed by atoms with Crippen LogP contribution in [0.25, 0.3) is 0 Å². The number of aromatic amines is 1. The molecule has 144 valence electrons. The zero-order valence-electron chi connectivity index (χ0n) is 16.5. The summed E-state index contributed by atoms with van der Waals surface area (Å²) in [6, 6.07) is 0. The Kier molecular flexibility index (Phi) is 7.37. The molecule has 1 aromatic rings. The van der Waals surface area contributed by atoms with Crippen molar-refractivity contribution in [3.05, 3.63) is 32.6 Å². The molecule has 0 radical (unpaired) electrons. The lowest BCUT2D eigenvalue weighted by Gasteiger charge is -2.43. The standard InChI is InChI=1S/C17H33N3O4Si/c1-12(2)17(4,5)25(6,7)24-10-14(8-18)23-11-20-9-13(3)15(21)19-16(20)22/h9,12,14H,8,10-11,18H2,1-7H3,(H,19,21,22)/t14-/m0/s1. The molecule has 3 N–H and O–H groups in total. The van der Waals surface area contributed by atoms with E-state index in [-0.39, 0.29) is 23.4 Å². The summed E-state index contributed by atoms with van der Waals surface area (Å²) in [5.41, 5.74) is 5.36. The summed E-state index contributed by atoms with van der Waals surface area (Å²) in [4.78, 5) is 25.4. The lowest BCUT2D eigenvalue weighted by molar-refractivity contribution is -0.0176. The van der Waals surface area contributed by atoms with Crippen LogP contribution in [0.5, 0.6) is 0 Å². The van der Waals surface area contributed by atoms with Gasteiger partial charge < -0.3 is 14.9 Å². The van der Waals surface area contributed by atoms with Crippen molar-refractivity contribution in [2.45, 2.75) is 65.6 Å². The molecule has 0 unspecified atom stereocenters. The van der Waals surface area contributed by atoms with E-state index in [1.165, 1.54) is 10.8 Å². The number of rotatable bonds is 9. The fraction of sp³-hybridized carbons (Fsp3) is 0.765. The molecule has 0 bridgehead atoms. The summed E-state index contributed by atoms with van der Waals surface area (Å²) in [5, 5.41) is 0.110. The molecule has 0 saturated carbocycles. The van der Waals surface area contributed by atoms with Crippen molar-refractivity contribution in [1.82, 2.24) is 9.55 Å². The molecule has 1 heterocycles. The van der Waals surface area contributed by atoms with Crippen LogP contribution in [-0.4, -0.2) is 37.1 Å². The molecular formula is C17H33N3O4Si. The minimum absolute atomic E-state index is 0.0250. The summed E-state index contributed by atoms with van der Waals surface area (Å²) < 4.78 is 13.3. The van der Waals surface area contributed by atoms with E-state index in [0.717, 1.165) is 0 Å². The average molecular weight is 372 g/mol. The molecule has 0 saturated heterocycles. The van der Waals surface area contributed by atoms with Gasteiger partial charge in [-0.1, -0.05) is 27.7 Å². The number of nitrogens with one attached hydrogen (secondary N) is 1. The Morgan fingerprint density at radius 1 is 1.32 bits per heavy atom. The van der Waals surface area contributed by atoms with E-state index < -0.39 is 14.0 Å². The Morgan fingerprint density at radius 3 is 2.44 bits per heavy atom. The minimum Gasteiger partial charge on any atom is -0.414 e. The second kappa shape index (κ2) is 8.44. The molecular weight excluding hydrogens is 338 g/mol. The topological polar surface area (TPSA) is 99.3 Å². The lowest BCUT2D eigenvalue weighted by Crippen LogP contribution is -2.47. The van der Waals surface area contributed by atoms with E-state index >= 15 is 0 Å². The van der Waals surface area contributed by atoms with Crippen LogP contribution in [0.2, 0.25) is 18.1 Å². The van der Waals surface area contributed by atoms with Crippen LogP contribution in [-0.2, 0) is 15.9 Å². The van der Waals surface area contributed by atoms with Crippen LogP contribution in [0, 0.1) is 12.8 Å². The maximum absolute atomic E-state index is 11.8. The lowest BCUT2D eigenvalue weighted by atomic mass is 9.99. The fourth-order valence-electron chi connectivity index (χ4n) is 2.27. The zero-order valence-corrected chi connectivity index (χ0v) is 17.5. The van der Waals surface area contributed by atoms with Crippen molar-refractivity contribution < 1.29 is 9.16 Å². The highest BCUT2D eigenvalue weighted by Crippen LogP contribution is 2.44. The van der Waals surface area contributed by atoms with Gasteiger partial charge in [0.05, 0.1) is 12.7 Å². The molecule has 25 heavy (non-hydrogen) atoms. The highest BCUT2D eigenvalue weighted by atomic mass is 28.4. The molecule has 0 aliphatic rings. The average Bonchev–Trinajstić information content (AvgIpc) is 2.51. The van der Waals surface area contributed by atoms with Crippen LogP contribution >= 0.6 is 0 Å². The van der Waals surface area contributed by atoms with Crippen LogP contribution in [0.1, 0.15) is 33.3 Å². The number of hydrogen-bond donors (Lipinski definition) is 2. The monoisotopic (exact) mass is 371 g/mol. The first kappa shape index (κ1) is 21.8. The smallest absolute Gasteiger partial charge is 0.330 e. The molecule has 7 nitrogen and oxygen atoms in total. The van der Waals surface area contributed by atoms with Gasteiger partial charge in [-0.3, -0.25) is 14.3 Å². The van der Waals surface area contributed by atoms with Gasteiger partial charge in [-0.25, -0.2) is 4.79 Å². The van der Waals surface area contributed by atoms with Gasteiger partial charge in [-0.2, -0.15) is 0 Å². The van der Waals surface area contributed by atoms with Gasteiger partial charge in [0, 0.05) is 18.3 Å². The molecule has 0 aromatic carbocycles. The number of hydrogen-bond acceptors (Lipinski definition) is 5. The minimum atomic E-state index is -1.96. The third-order valence-corrected chi connectivity index (χ3v) is 10.1. The van der Waals surface area contributed by atoms with Crippen molar-refractivity contribution in [3.63, 3.8) is 0 Å². The summed E-state index contributed by atoms with van der Waals surface area (Å²) >= 11 is 0. The second-order valence-corrected chi connectivity index (χ2v) is 12.5. The molecule has 1 rings (SSSR count). The van der Waals surface area contributed by atoms with Gasteiger partial charge in [0.15, 0.2) is 8.32 Å². The van der Waals surface area contributed by atoms with Crippen LogP contribution < -0.4 is 17.0 Å². The fourth-order valence-corrected chi connectivity index (χ4v) is 4.63. The predicted molar refractivity (Wildman–Crippen MR) is 102 cm³/mol. The summed E-state index contributed by atoms with van der Waals surface area (Å²) in [5.74, 6) is 0.508. The van der Waals surface area contributed by atoms with Crippen molar-refractivity contribution in [2.24, 2.45) is 11.7 Å². The molecule has 1 atom stereocenters. The molecule has 1 aromatic heterocycles. The largest absolute Gasteiger partial charge is 0.414 e. The summed E-state index contributed by atoms with van der Waals surface area (Å²) in [6.45, 7) is 15.7. The Morgan fingerprint density at radius 2 is 1.92 bits per heavy atom. The summed E-state index contributed by atoms with van der Waals surface area (Å²) in [7, 11) is -1.96. The quantitative estimate of drug-likeness (QED) is 0.645. The first-order valence-corrected chi connectivity index (χ1v) is 11.6. The maximum atomic E-state index is 11.8. The van der Waals surface area contributed by atoms with Crippen molar-refractivity contribution in [1.29, 1.82) is 0 Å². The molecule has 0 fully saturated rings. The molecule has 0 aliphatic carbocycles. The van der Waals surface area contributed by atoms with E-state index in [0.29, 0.717) is 24.6 Å². The van der Waals surface area contributed by atoms with Gasteiger partial charge in [0.1, 0.15) is 6.73 Å². The highest BCUT2D eigenvalue weighted by molar-refractivity contribution is 6.74. The molecule has 0 amide bonds. The molecule has 0 spiro atoms. The van der Waals surface area contributed by atoms with Gasteiger partial charge in [0.2, 0.25) is 0 Å². The van der Waals surface area contributed by atoms with Crippen molar-refractivity contribution in [3.8, 4) is 0 Å². The van der Waals surface area contributed by atoms with Crippen molar-refractivity contribution in [2.75, 3.05) is 13.2 Å². The van der Waals surface area contributed by atoms with E-state index in [9.17, 15) is 9.59 Å². The number of ether oxygens (including phenoxy) is 1. The predicted octanol–water partition coefficient (Wildman–Crippen LogP) is 1.80. The van der Waals surface area contributed by atoms with Crippen molar-refractivity contribution >= 4 is 8.32 Å². The van der Waals surface area contributed by atoms with Gasteiger partial charge >= 0.3 is 5.69 Å². The van der Waals surface area contributed by atoms with E-state index in [2.05, 4.69) is 45.8 Å². The SMILES string of the molecule is Cc1cn(CO[C@@H](CN)CO[Si](C)(C)C(C)(C)C(C)C)c(=O)[nH]c1=O. The first-order valence-electron chi connectivity index (χ1n) is 8.68. The number of nitrogens with zero attached hydrogens (tertiary/aromatic N) is 1. The number of aromatic nitrogens is 2. The Balaban J connectivity index is 2.71. The zero-order chi connectivity index (χ0) is 19.4. The van der Waals surface area contributed by atoms with Gasteiger partial charge in [-0.05, 0) is 31.0 Å². The number of nitrogens with two attached hydrogens (primary N) is 1. The molecule has 0 aliphatic heterocycles. The van der Waals surface area contributed by atoms with Crippen LogP contribution in [0.15, 0.2) is 15.8 Å². The van der Waals surface area contributed by atoms with E-state index in [1.54, 1.807) is 6.92 Å². The first-order chi connectivity index (χ1) is 11.4. The van der Waals surface area contributed by atoms with E-state index in [1.807, 2.05) is 0 Å². The number of H-pyrrole nitrogens is 1.